The maximum atomic E-state index is 12.4. The van der Waals surface area contributed by atoms with Gasteiger partial charge in [-0.05, 0) is 29.1 Å². The predicted octanol–water partition coefficient (Wildman–Crippen LogP) is 3.19. The minimum absolute atomic E-state index is 0.131. The molecule has 6 nitrogen and oxygen atoms in total. The molecule has 25 heavy (non-hydrogen) atoms. The molecule has 0 unspecified atom stereocenters. The molecule has 0 aliphatic carbocycles. The third-order valence-electron chi connectivity index (χ3n) is 4.06. The van der Waals surface area contributed by atoms with Crippen molar-refractivity contribution in [3.63, 3.8) is 0 Å². The highest BCUT2D eigenvalue weighted by molar-refractivity contribution is 7.09. The first-order valence-corrected chi connectivity index (χ1v) is 9.06. The average Bonchev–Trinajstić information content (AvgIpc) is 3.29. The highest BCUT2D eigenvalue weighted by atomic mass is 35.5. The normalized spacial score (nSPS) is 16.4. The summed E-state index contributed by atoms with van der Waals surface area (Å²) < 4.78 is 7.65. The molecule has 1 N–H and O–H groups in total. The zero-order valence-corrected chi connectivity index (χ0v) is 14.8. The number of carbonyl (C=O) groups excluding carboxylic acids is 1. The number of fused-ring (bicyclic) bond motifs is 1. The Balaban J connectivity index is 1.46. The van der Waals surface area contributed by atoms with Crippen molar-refractivity contribution < 1.29 is 9.53 Å². The average molecular weight is 375 g/mol. The van der Waals surface area contributed by atoms with Crippen LogP contribution in [0.15, 0.2) is 41.8 Å². The van der Waals surface area contributed by atoms with Gasteiger partial charge in [-0.15, -0.1) is 16.4 Å². The van der Waals surface area contributed by atoms with E-state index in [9.17, 15) is 4.79 Å². The Kier molecular flexibility index (Phi) is 4.52. The fourth-order valence-corrected chi connectivity index (χ4v) is 3.50. The smallest absolute Gasteiger partial charge is 0.274 e. The summed E-state index contributed by atoms with van der Waals surface area (Å²) in [7, 11) is 0. The minimum Gasteiger partial charge on any atom is -0.365 e. The number of amides is 1. The highest BCUT2D eigenvalue weighted by Crippen LogP contribution is 2.27. The molecule has 128 valence electrons. The number of ether oxygens (including phenoxy) is 1. The van der Waals surface area contributed by atoms with Crippen molar-refractivity contribution in [3.05, 3.63) is 68.6 Å². The fourth-order valence-electron chi connectivity index (χ4n) is 2.73. The first-order valence-electron chi connectivity index (χ1n) is 7.81. The lowest BCUT2D eigenvalue weighted by molar-refractivity contribution is -0.00176. The molecule has 0 radical (unpaired) electrons. The third-order valence-corrected chi connectivity index (χ3v) is 5.19. The largest absolute Gasteiger partial charge is 0.365 e. The van der Waals surface area contributed by atoms with E-state index in [0.717, 1.165) is 10.4 Å². The topological polar surface area (TPSA) is 69.0 Å². The maximum absolute atomic E-state index is 12.4. The Morgan fingerprint density at radius 3 is 2.96 bits per heavy atom. The van der Waals surface area contributed by atoms with Gasteiger partial charge in [-0.1, -0.05) is 35.0 Å². The molecule has 8 heteroatoms. The molecule has 3 heterocycles. The monoisotopic (exact) mass is 374 g/mol. The zero-order valence-electron chi connectivity index (χ0n) is 13.2. The second-order valence-corrected chi connectivity index (χ2v) is 7.15. The van der Waals surface area contributed by atoms with Crippen LogP contribution in [-0.4, -0.2) is 20.9 Å². The number of halogens is 1. The van der Waals surface area contributed by atoms with Crippen molar-refractivity contribution in [2.24, 2.45) is 0 Å². The molecular formula is C17H15ClN4O2S. The summed E-state index contributed by atoms with van der Waals surface area (Å²) in [5.74, 6) is -0.233. The highest BCUT2D eigenvalue weighted by Gasteiger charge is 2.27. The Hall–Kier alpha value is -2.22. The van der Waals surface area contributed by atoms with E-state index >= 15 is 0 Å². The van der Waals surface area contributed by atoms with E-state index in [4.69, 9.17) is 16.3 Å². The van der Waals surface area contributed by atoms with Crippen molar-refractivity contribution in [3.8, 4) is 0 Å². The van der Waals surface area contributed by atoms with E-state index in [0.29, 0.717) is 36.1 Å². The number of hydrogen-bond acceptors (Lipinski definition) is 5. The predicted molar refractivity (Wildman–Crippen MR) is 94.5 cm³/mol. The second kappa shape index (κ2) is 6.95. The van der Waals surface area contributed by atoms with Gasteiger partial charge in [0.05, 0.1) is 25.4 Å². The Bertz CT molecular complexity index is 877. The Morgan fingerprint density at radius 2 is 2.20 bits per heavy atom. The van der Waals surface area contributed by atoms with Crippen LogP contribution >= 0.6 is 22.9 Å². The lowest BCUT2D eigenvalue weighted by atomic mass is 10.1. The van der Waals surface area contributed by atoms with Crippen LogP contribution in [0.5, 0.6) is 0 Å². The van der Waals surface area contributed by atoms with Crippen LogP contribution in [0.4, 0.5) is 0 Å². The summed E-state index contributed by atoms with van der Waals surface area (Å²) >= 11 is 7.52. The van der Waals surface area contributed by atoms with Gasteiger partial charge in [-0.3, -0.25) is 4.79 Å². The number of nitrogens with one attached hydrogen (secondary N) is 1. The van der Waals surface area contributed by atoms with Gasteiger partial charge in [0, 0.05) is 9.90 Å². The molecule has 0 fully saturated rings. The minimum atomic E-state index is -0.233. The van der Waals surface area contributed by atoms with Gasteiger partial charge in [-0.2, -0.15) is 0 Å². The zero-order chi connectivity index (χ0) is 17.2. The van der Waals surface area contributed by atoms with Crippen LogP contribution < -0.4 is 5.32 Å². The Labute approximate surface area is 153 Å². The molecule has 0 saturated heterocycles. The van der Waals surface area contributed by atoms with Gasteiger partial charge in [0.2, 0.25) is 0 Å². The summed E-state index contributed by atoms with van der Waals surface area (Å²) in [6.45, 7) is 1.29. The van der Waals surface area contributed by atoms with Crippen LogP contribution in [-0.2, 0) is 24.4 Å². The molecule has 0 bridgehead atoms. The van der Waals surface area contributed by atoms with E-state index in [1.54, 1.807) is 16.0 Å². The quantitative estimate of drug-likeness (QED) is 0.761. The molecule has 0 saturated carbocycles. The van der Waals surface area contributed by atoms with E-state index in [-0.39, 0.29) is 12.0 Å². The number of nitrogens with zero attached hydrogens (tertiary/aromatic N) is 3. The number of hydrogen-bond donors (Lipinski definition) is 1. The van der Waals surface area contributed by atoms with Gasteiger partial charge >= 0.3 is 0 Å². The molecule has 1 aromatic carbocycles. The van der Waals surface area contributed by atoms with Crippen LogP contribution in [0.1, 0.15) is 32.7 Å². The molecular weight excluding hydrogens is 360 g/mol. The van der Waals surface area contributed by atoms with Crippen molar-refractivity contribution in [2.45, 2.75) is 25.8 Å². The van der Waals surface area contributed by atoms with Gasteiger partial charge in [-0.25, -0.2) is 4.68 Å². The summed E-state index contributed by atoms with van der Waals surface area (Å²) in [5, 5.41) is 13.7. The molecule has 1 aliphatic heterocycles. The van der Waals surface area contributed by atoms with Crippen LogP contribution in [0.2, 0.25) is 5.02 Å². The first kappa shape index (κ1) is 16.3. The molecule has 3 aromatic rings. The molecule has 0 spiro atoms. The summed E-state index contributed by atoms with van der Waals surface area (Å²) in [5.41, 5.74) is 2.05. The number of benzene rings is 1. The van der Waals surface area contributed by atoms with Gasteiger partial charge in [0.25, 0.3) is 5.91 Å². The van der Waals surface area contributed by atoms with Crippen LogP contribution in [0.25, 0.3) is 0 Å². The molecule has 1 amide bonds. The van der Waals surface area contributed by atoms with Crippen molar-refractivity contribution in [1.82, 2.24) is 20.3 Å². The summed E-state index contributed by atoms with van der Waals surface area (Å²) in [4.78, 5) is 13.5. The van der Waals surface area contributed by atoms with E-state index in [1.165, 1.54) is 0 Å². The number of carbonyl (C=O) groups is 1. The summed E-state index contributed by atoms with van der Waals surface area (Å²) in [6, 6.07) is 11.5. The SMILES string of the molecule is O=C(NCc1cccs1)c1nnn2c1CO[C@@H](c1ccc(Cl)cc1)C2. The second-order valence-electron chi connectivity index (χ2n) is 5.68. The van der Waals surface area contributed by atoms with Crippen LogP contribution in [0, 0.1) is 0 Å². The van der Waals surface area contributed by atoms with E-state index < -0.39 is 0 Å². The lowest BCUT2D eigenvalue weighted by Gasteiger charge is -2.24. The van der Waals surface area contributed by atoms with E-state index in [2.05, 4.69) is 15.6 Å². The summed E-state index contributed by atoms with van der Waals surface area (Å²) in [6.07, 6.45) is -0.131. The van der Waals surface area contributed by atoms with Crippen molar-refractivity contribution in [2.75, 3.05) is 0 Å². The molecule has 1 aliphatic rings. The Morgan fingerprint density at radius 1 is 1.36 bits per heavy atom. The lowest BCUT2D eigenvalue weighted by Crippen LogP contribution is -2.27. The van der Waals surface area contributed by atoms with E-state index in [1.807, 2.05) is 41.8 Å². The van der Waals surface area contributed by atoms with Gasteiger partial charge in [0.1, 0.15) is 6.10 Å². The maximum Gasteiger partial charge on any atom is 0.274 e. The molecule has 2 aromatic heterocycles. The number of rotatable bonds is 4. The fraction of sp³-hybridized carbons (Fsp3) is 0.235. The van der Waals surface area contributed by atoms with Crippen LogP contribution in [0.3, 0.4) is 0 Å². The van der Waals surface area contributed by atoms with Crippen molar-refractivity contribution in [1.29, 1.82) is 0 Å². The number of aromatic nitrogens is 3. The first-order chi connectivity index (χ1) is 12.2. The molecule has 4 rings (SSSR count). The number of thiophene rings is 1. The standard InChI is InChI=1S/C17H15ClN4O2S/c18-12-5-3-11(4-6-12)15-9-22-14(10-24-15)16(20-21-22)17(23)19-8-13-2-1-7-25-13/h1-7,15H,8-10H2,(H,19,23)/t15-/m1/s1. The van der Waals surface area contributed by atoms with Gasteiger partial charge < -0.3 is 10.1 Å². The van der Waals surface area contributed by atoms with Gasteiger partial charge in [0.15, 0.2) is 5.69 Å². The third kappa shape index (κ3) is 3.44. The molecule has 1 atom stereocenters. The van der Waals surface area contributed by atoms with Crippen molar-refractivity contribution >= 4 is 28.8 Å².